The van der Waals surface area contributed by atoms with E-state index >= 15 is 0 Å². The van der Waals surface area contributed by atoms with E-state index in [0.717, 1.165) is 5.82 Å². The lowest BCUT2D eigenvalue weighted by Crippen LogP contribution is -2.15. The summed E-state index contributed by atoms with van der Waals surface area (Å²) in [4.78, 5) is 12.5. The summed E-state index contributed by atoms with van der Waals surface area (Å²) >= 11 is 1.28. The van der Waals surface area contributed by atoms with E-state index in [0.29, 0.717) is 23.6 Å². The number of halogens is 1. The predicted molar refractivity (Wildman–Crippen MR) is 97.5 cm³/mol. The fraction of sp³-hybridized carbons (Fsp3) is 0.471. The number of hydrogen-bond donors (Lipinski definition) is 0. The van der Waals surface area contributed by atoms with Gasteiger partial charge in [-0.15, -0.1) is 10.2 Å². The summed E-state index contributed by atoms with van der Waals surface area (Å²) in [7, 11) is -1.10. The molecule has 140 valence electrons. The average Bonchev–Trinajstić information content (AvgIpc) is 3.11. The summed E-state index contributed by atoms with van der Waals surface area (Å²) in [6, 6.07) is 5.47. The van der Waals surface area contributed by atoms with E-state index in [1.807, 2.05) is 11.6 Å². The molecule has 2 unspecified atom stereocenters. The van der Waals surface area contributed by atoms with Crippen molar-refractivity contribution in [3.05, 3.63) is 41.5 Å². The molecular formula is C17H20FN3O3S2. The van der Waals surface area contributed by atoms with Gasteiger partial charge >= 0.3 is 0 Å². The van der Waals surface area contributed by atoms with Gasteiger partial charge in [-0.05, 0) is 43.5 Å². The van der Waals surface area contributed by atoms with Crippen LogP contribution in [0.5, 0.6) is 0 Å². The minimum absolute atomic E-state index is 0.0685. The van der Waals surface area contributed by atoms with Gasteiger partial charge in [-0.3, -0.25) is 4.79 Å². The fourth-order valence-corrected chi connectivity index (χ4v) is 5.75. The predicted octanol–water partition coefficient (Wildman–Crippen LogP) is 2.29. The van der Waals surface area contributed by atoms with Crippen LogP contribution in [-0.4, -0.2) is 45.7 Å². The lowest BCUT2D eigenvalue weighted by atomic mass is 10.1. The van der Waals surface area contributed by atoms with Crippen LogP contribution in [0.4, 0.5) is 4.39 Å². The molecule has 9 heteroatoms. The molecule has 1 aliphatic heterocycles. The first-order valence-corrected chi connectivity index (χ1v) is 11.0. The largest absolute Gasteiger partial charge is 0.309 e. The van der Waals surface area contributed by atoms with Crippen LogP contribution in [0.25, 0.3) is 0 Å². The van der Waals surface area contributed by atoms with E-state index in [9.17, 15) is 17.6 Å². The number of rotatable bonds is 6. The number of Topliss-reactive ketones (excluding diaryl/α,β-unsaturated/α-hetero) is 1. The molecule has 1 fully saturated rings. The van der Waals surface area contributed by atoms with Gasteiger partial charge in [-0.2, -0.15) is 0 Å². The van der Waals surface area contributed by atoms with Crippen molar-refractivity contribution >= 4 is 27.4 Å². The molecule has 26 heavy (non-hydrogen) atoms. The van der Waals surface area contributed by atoms with E-state index in [1.54, 1.807) is 6.92 Å². The number of nitrogens with zero attached hydrogens (tertiary/aromatic N) is 3. The third-order valence-corrected chi connectivity index (χ3v) is 7.47. The van der Waals surface area contributed by atoms with Crippen LogP contribution < -0.4 is 0 Å². The second kappa shape index (κ2) is 7.48. The van der Waals surface area contributed by atoms with Gasteiger partial charge in [0.15, 0.2) is 20.8 Å². The van der Waals surface area contributed by atoms with E-state index in [4.69, 9.17) is 0 Å². The van der Waals surface area contributed by atoms with Gasteiger partial charge in [0.25, 0.3) is 0 Å². The summed E-state index contributed by atoms with van der Waals surface area (Å²) in [6.45, 7) is 1.77. The number of ketones is 1. The summed E-state index contributed by atoms with van der Waals surface area (Å²) in [5.74, 6) is 0.729. The fourth-order valence-electron chi connectivity index (χ4n) is 2.98. The van der Waals surface area contributed by atoms with Crippen molar-refractivity contribution in [1.29, 1.82) is 0 Å². The summed E-state index contributed by atoms with van der Waals surface area (Å²) < 4.78 is 38.0. The molecular weight excluding hydrogens is 377 g/mol. The minimum atomic E-state index is -2.92. The molecule has 2 aromatic rings. The minimum Gasteiger partial charge on any atom is -0.309 e. The average molecular weight is 397 g/mol. The summed E-state index contributed by atoms with van der Waals surface area (Å²) in [5, 5.41) is 8.50. The number of sulfone groups is 1. The van der Waals surface area contributed by atoms with Crippen molar-refractivity contribution in [3.8, 4) is 0 Å². The number of hydrogen-bond acceptors (Lipinski definition) is 6. The Balaban J connectivity index is 1.66. The van der Waals surface area contributed by atoms with Crippen molar-refractivity contribution in [1.82, 2.24) is 14.8 Å². The van der Waals surface area contributed by atoms with Crippen LogP contribution >= 0.6 is 11.8 Å². The highest BCUT2D eigenvalue weighted by molar-refractivity contribution is 8.00. The first kappa shape index (κ1) is 19.0. The second-order valence-corrected chi connectivity index (χ2v) is 10.1. The Bertz CT molecular complexity index is 910. The molecule has 0 amide bonds. The summed E-state index contributed by atoms with van der Waals surface area (Å²) in [6.07, 6.45) is 1.21. The van der Waals surface area contributed by atoms with Crippen molar-refractivity contribution in [3.63, 3.8) is 0 Å². The Kier molecular flexibility index (Phi) is 5.47. The highest BCUT2D eigenvalue weighted by Crippen LogP contribution is 2.27. The lowest BCUT2D eigenvalue weighted by molar-refractivity contribution is 0.0994. The Morgan fingerprint density at radius 3 is 2.65 bits per heavy atom. The van der Waals surface area contributed by atoms with Crippen LogP contribution in [0.15, 0.2) is 29.4 Å². The van der Waals surface area contributed by atoms with Gasteiger partial charge in [0.1, 0.15) is 11.6 Å². The van der Waals surface area contributed by atoms with Crippen LogP contribution in [0.2, 0.25) is 0 Å². The topological polar surface area (TPSA) is 81.9 Å². The van der Waals surface area contributed by atoms with E-state index in [1.165, 1.54) is 36.0 Å². The Morgan fingerprint density at radius 1 is 1.35 bits per heavy atom. The Morgan fingerprint density at radius 2 is 2.04 bits per heavy atom. The summed E-state index contributed by atoms with van der Waals surface area (Å²) in [5.41, 5.74) is 0.449. The number of thioether (sulfide) groups is 1. The van der Waals surface area contributed by atoms with Gasteiger partial charge < -0.3 is 4.57 Å². The van der Waals surface area contributed by atoms with Crippen molar-refractivity contribution in [2.24, 2.45) is 13.0 Å². The van der Waals surface area contributed by atoms with Gasteiger partial charge in [0, 0.05) is 19.0 Å². The third kappa shape index (κ3) is 4.32. The van der Waals surface area contributed by atoms with Gasteiger partial charge in [0.05, 0.1) is 16.8 Å². The molecule has 1 saturated heterocycles. The zero-order chi connectivity index (χ0) is 18.9. The van der Waals surface area contributed by atoms with E-state index in [2.05, 4.69) is 10.2 Å². The monoisotopic (exact) mass is 397 g/mol. The molecule has 1 aromatic carbocycles. The molecule has 3 rings (SSSR count). The van der Waals surface area contributed by atoms with Crippen molar-refractivity contribution in [2.75, 3.05) is 11.5 Å². The van der Waals surface area contributed by atoms with Gasteiger partial charge in [-0.25, -0.2) is 12.8 Å². The maximum Gasteiger partial charge on any atom is 0.191 e. The standard InChI is InChI=1S/C17H20FN3O3S2/c1-11(16(22)13-3-5-14(18)6-4-13)25-17-20-19-15(21(17)2)9-12-7-8-26(23,24)10-12/h3-6,11-12H,7-10H2,1-2H3. The molecule has 0 saturated carbocycles. The maximum atomic E-state index is 13.0. The number of carbonyl (C=O) groups excluding carboxylic acids is 1. The molecule has 2 atom stereocenters. The van der Waals surface area contributed by atoms with Crippen LogP contribution in [0, 0.1) is 11.7 Å². The maximum absolute atomic E-state index is 13.0. The molecule has 2 heterocycles. The molecule has 0 aliphatic carbocycles. The van der Waals surface area contributed by atoms with Crippen molar-refractivity contribution < 1.29 is 17.6 Å². The number of carbonyl (C=O) groups is 1. The normalized spacial score (nSPS) is 20.2. The van der Waals surface area contributed by atoms with Crippen molar-refractivity contribution in [2.45, 2.75) is 30.2 Å². The second-order valence-electron chi connectivity index (χ2n) is 6.56. The van der Waals surface area contributed by atoms with E-state index in [-0.39, 0.29) is 29.0 Å². The highest BCUT2D eigenvalue weighted by atomic mass is 32.2. The quantitative estimate of drug-likeness (QED) is 0.549. The molecule has 6 nitrogen and oxygen atoms in total. The molecule has 0 radical (unpaired) electrons. The third-order valence-electron chi connectivity index (χ3n) is 4.50. The molecule has 0 bridgehead atoms. The number of benzene rings is 1. The first-order chi connectivity index (χ1) is 12.2. The lowest BCUT2D eigenvalue weighted by Gasteiger charge is -2.11. The number of aromatic nitrogens is 3. The molecule has 1 aliphatic rings. The van der Waals surface area contributed by atoms with Gasteiger partial charge in [-0.1, -0.05) is 11.8 Å². The molecule has 1 aromatic heterocycles. The first-order valence-electron chi connectivity index (χ1n) is 8.30. The zero-order valence-electron chi connectivity index (χ0n) is 14.6. The highest BCUT2D eigenvalue weighted by Gasteiger charge is 2.29. The Labute approximate surface area is 156 Å². The molecule has 0 spiro atoms. The SMILES string of the molecule is CC(Sc1nnc(CC2CCS(=O)(=O)C2)n1C)C(=O)c1ccc(F)cc1. The Hall–Kier alpha value is -1.74. The zero-order valence-corrected chi connectivity index (χ0v) is 16.2. The van der Waals surface area contributed by atoms with Gasteiger partial charge in [0.2, 0.25) is 0 Å². The molecule has 0 N–H and O–H groups in total. The smallest absolute Gasteiger partial charge is 0.191 e. The van der Waals surface area contributed by atoms with Crippen LogP contribution in [0.3, 0.4) is 0 Å². The van der Waals surface area contributed by atoms with Crippen LogP contribution in [-0.2, 0) is 23.3 Å². The van der Waals surface area contributed by atoms with Crippen LogP contribution in [0.1, 0.15) is 29.5 Å². The van der Waals surface area contributed by atoms with E-state index < -0.39 is 15.1 Å².